The van der Waals surface area contributed by atoms with E-state index in [9.17, 15) is 4.79 Å². The minimum Gasteiger partial charge on any atom is -0.464 e. The van der Waals surface area contributed by atoms with Crippen LogP contribution in [-0.2, 0) is 9.53 Å². The SMILES string of the molecule is C=CC(=O)N1CCOC(c2ccc(C)o2)C1. The van der Waals surface area contributed by atoms with Gasteiger partial charge in [-0.3, -0.25) is 4.79 Å². The Morgan fingerprint density at radius 1 is 1.62 bits per heavy atom. The Kier molecular flexibility index (Phi) is 3.10. The Bertz CT molecular complexity index is 397. The summed E-state index contributed by atoms with van der Waals surface area (Å²) in [6.45, 7) is 7.04. The van der Waals surface area contributed by atoms with E-state index < -0.39 is 0 Å². The van der Waals surface area contributed by atoms with E-state index in [-0.39, 0.29) is 12.0 Å². The van der Waals surface area contributed by atoms with Crippen LogP contribution in [0.25, 0.3) is 0 Å². The highest BCUT2D eigenvalue weighted by Crippen LogP contribution is 2.23. The maximum atomic E-state index is 11.5. The van der Waals surface area contributed by atoms with Crippen LogP contribution in [0.4, 0.5) is 0 Å². The Hall–Kier alpha value is -1.55. The molecule has 0 aromatic carbocycles. The fraction of sp³-hybridized carbons (Fsp3) is 0.417. The summed E-state index contributed by atoms with van der Waals surface area (Å²) in [5, 5.41) is 0. The van der Waals surface area contributed by atoms with Crippen molar-refractivity contribution in [3.8, 4) is 0 Å². The van der Waals surface area contributed by atoms with E-state index in [0.717, 1.165) is 11.5 Å². The Balaban J connectivity index is 2.07. The van der Waals surface area contributed by atoms with Gasteiger partial charge in [-0.15, -0.1) is 0 Å². The minimum atomic E-state index is -0.161. The van der Waals surface area contributed by atoms with Gasteiger partial charge in [-0.1, -0.05) is 6.58 Å². The van der Waals surface area contributed by atoms with Crippen molar-refractivity contribution >= 4 is 5.91 Å². The van der Waals surface area contributed by atoms with Crippen molar-refractivity contribution in [3.05, 3.63) is 36.3 Å². The van der Waals surface area contributed by atoms with Crippen molar-refractivity contribution in [2.45, 2.75) is 13.0 Å². The maximum Gasteiger partial charge on any atom is 0.246 e. The van der Waals surface area contributed by atoms with Crippen LogP contribution in [0.2, 0.25) is 0 Å². The summed E-state index contributed by atoms with van der Waals surface area (Å²) in [5.74, 6) is 1.57. The van der Waals surface area contributed by atoms with Gasteiger partial charge >= 0.3 is 0 Å². The smallest absolute Gasteiger partial charge is 0.246 e. The van der Waals surface area contributed by atoms with Crippen LogP contribution in [0.5, 0.6) is 0 Å². The lowest BCUT2D eigenvalue weighted by atomic mass is 10.2. The van der Waals surface area contributed by atoms with Crippen molar-refractivity contribution in [3.63, 3.8) is 0 Å². The third-order valence-electron chi connectivity index (χ3n) is 2.63. The zero-order valence-electron chi connectivity index (χ0n) is 9.31. The van der Waals surface area contributed by atoms with E-state index >= 15 is 0 Å². The first-order chi connectivity index (χ1) is 7.70. The highest BCUT2D eigenvalue weighted by atomic mass is 16.5. The zero-order valence-corrected chi connectivity index (χ0v) is 9.31. The van der Waals surface area contributed by atoms with E-state index in [1.54, 1.807) is 4.90 Å². The summed E-state index contributed by atoms with van der Waals surface area (Å²) >= 11 is 0. The number of carbonyl (C=O) groups is 1. The number of morpholine rings is 1. The number of ether oxygens (including phenoxy) is 1. The second kappa shape index (κ2) is 4.53. The third kappa shape index (κ3) is 2.17. The van der Waals surface area contributed by atoms with Crippen LogP contribution >= 0.6 is 0 Å². The number of furan rings is 1. The lowest BCUT2D eigenvalue weighted by molar-refractivity contribution is -0.134. The lowest BCUT2D eigenvalue weighted by Gasteiger charge is -2.31. The molecule has 0 spiro atoms. The minimum absolute atomic E-state index is 0.0587. The fourth-order valence-corrected chi connectivity index (χ4v) is 1.78. The standard InChI is InChI=1S/C12H15NO3/c1-3-12(14)13-6-7-15-11(8-13)10-5-4-9(2)16-10/h3-5,11H,1,6-8H2,2H3. The molecule has 16 heavy (non-hydrogen) atoms. The lowest BCUT2D eigenvalue weighted by Crippen LogP contribution is -2.41. The molecule has 4 heteroatoms. The molecule has 1 fully saturated rings. The molecule has 4 nitrogen and oxygen atoms in total. The van der Waals surface area contributed by atoms with Gasteiger partial charge in [-0.2, -0.15) is 0 Å². The van der Waals surface area contributed by atoms with Gasteiger partial charge in [0.25, 0.3) is 0 Å². The van der Waals surface area contributed by atoms with Gasteiger partial charge in [0.05, 0.1) is 13.2 Å². The van der Waals surface area contributed by atoms with Crippen LogP contribution in [0.15, 0.2) is 29.2 Å². The molecule has 1 aliphatic rings. The maximum absolute atomic E-state index is 11.5. The van der Waals surface area contributed by atoms with Gasteiger partial charge in [0, 0.05) is 6.54 Å². The number of hydrogen-bond acceptors (Lipinski definition) is 3. The molecule has 86 valence electrons. The first-order valence-electron chi connectivity index (χ1n) is 5.30. The highest BCUT2D eigenvalue weighted by Gasteiger charge is 2.25. The van der Waals surface area contributed by atoms with Crippen LogP contribution in [0.1, 0.15) is 17.6 Å². The van der Waals surface area contributed by atoms with E-state index in [1.165, 1.54) is 6.08 Å². The predicted octanol–water partition coefficient (Wildman–Crippen LogP) is 1.67. The van der Waals surface area contributed by atoms with Crippen molar-refractivity contribution < 1.29 is 13.9 Å². The molecule has 2 rings (SSSR count). The van der Waals surface area contributed by atoms with Gasteiger partial charge < -0.3 is 14.1 Å². The molecule has 0 saturated carbocycles. The average molecular weight is 221 g/mol. The van der Waals surface area contributed by atoms with Crippen molar-refractivity contribution in [1.29, 1.82) is 0 Å². The van der Waals surface area contributed by atoms with E-state index in [1.807, 2.05) is 19.1 Å². The van der Waals surface area contributed by atoms with Crippen LogP contribution in [0, 0.1) is 6.92 Å². The number of amides is 1. The fourth-order valence-electron chi connectivity index (χ4n) is 1.78. The molecular formula is C12H15NO3. The second-order valence-electron chi connectivity index (χ2n) is 3.80. The number of hydrogen-bond donors (Lipinski definition) is 0. The quantitative estimate of drug-likeness (QED) is 0.713. The Morgan fingerprint density at radius 2 is 2.44 bits per heavy atom. The summed E-state index contributed by atoms with van der Waals surface area (Å²) in [5.41, 5.74) is 0. The number of nitrogens with zero attached hydrogens (tertiary/aromatic N) is 1. The van der Waals surface area contributed by atoms with Crippen molar-refractivity contribution in [2.75, 3.05) is 19.7 Å². The molecule has 0 radical (unpaired) electrons. The van der Waals surface area contributed by atoms with E-state index in [0.29, 0.717) is 19.7 Å². The Morgan fingerprint density at radius 3 is 3.06 bits per heavy atom. The largest absolute Gasteiger partial charge is 0.464 e. The van der Waals surface area contributed by atoms with Gasteiger partial charge in [-0.25, -0.2) is 0 Å². The number of aryl methyl sites for hydroxylation is 1. The summed E-state index contributed by atoms with van der Waals surface area (Å²) < 4.78 is 11.1. The molecule has 1 saturated heterocycles. The zero-order chi connectivity index (χ0) is 11.5. The second-order valence-corrected chi connectivity index (χ2v) is 3.80. The molecule has 1 unspecified atom stereocenters. The molecule has 1 aliphatic heterocycles. The molecule has 1 aromatic heterocycles. The molecule has 1 amide bonds. The van der Waals surface area contributed by atoms with Crippen molar-refractivity contribution in [2.24, 2.45) is 0 Å². The molecule has 1 aromatic rings. The first-order valence-corrected chi connectivity index (χ1v) is 5.30. The van der Waals surface area contributed by atoms with Gasteiger partial charge in [0.15, 0.2) is 0 Å². The third-order valence-corrected chi connectivity index (χ3v) is 2.63. The predicted molar refractivity (Wildman–Crippen MR) is 58.9 cm³/mol. The molecule has 0 bridgehead atoms. The summed E-state index contributed by atoms with van der Waals surface area (Å²) in [4.78, 5) is 13.2. The topological polar surface area (TPSA) is 42.7 Å². The highest BCUT2D eigenvalue weighted by molar-refractivity contribution is 5.87. The van der Waals surface area contributed by atoms with Crippen LogP contribution in [0.3, 0.4) is 0 Å². The van der Waals surface area contributed by atoms with Crippen LogP contribution < -0.4 is 0 Å². The van der Waals surface area contributed by atoms with Crippen molar-refractivity contribution in [1.82, 2.24) is 4.90 Å². The summed E-state index contributed by atoms with van der Waals surface area (Å²) in [6, 6.07) is 3.79. The monoisotopic (exact) mass is 221 g/mol. The Labute approximate surface area is 94.5 Å². The van der Waals surface area contributed by atoms with E-state index in [4.69, 9.17) is 9.15 Å². The molecule has 2 heterocycles. The van der Waals surface area contributed by atoms with Gasteiger partial charge in [0.2, 0.25) is 5.91 Å². The molecule has 0 N–H and O–H groups in total. The van der Waals surface area contributed by atoms with Gasteiger partial charge in [0.1, 0.15) is 17.6 Å². The molecule has 0 aliphatic carbocycles. The molecular weight excluding hydrogens is 206 g/mol. The number of carbonyl (C=O) groups excluding carboxylic acids is 1. The normalized spacial score (nSPS) is 20.8. The van der Waals surface area contributed by atoms with Gasteiger partial charge in [-0.05, 0) is 25.1 Å². The summed E-state index contributed by atoms with van der Waals surface area (Å²) in [6.07, 6.45) is 1.17. The van der Waals surface area contributed by atoms with Crippen LogP contribution in [-0.4, -0.2) is 30.5 Å². The van der Waals surface area contributed by atoms with E-state index in [2.05, 4.69) is 6.58 Å². The molecule has 1 atom stereocenters. The first kappa shape index (κ1) is 11.0. The number of rotatable bonds is 2. The average Bonchev–Trinajstić information content (AvgIpc) is 2.75. The summed E-state index contributed by atoms with van der Waals surface area (Å²) in [7, 11) is 0.